The summed E-state index contributed by atoms with van der Waals surface area (Å²) >= 11 is 2.97. The summed E-state index contributed by atoms with van der Waals surface area (Å²) < 4.78 is 27.4. The number of carbonyl (C=O) groups excluding carboxylic acids is 1. The number of aryl methyl sites for hydroxylation is 1. The monoisotopic (exact) mass is 501 g/mol. The smallest absolute Gasteiger partial charge is 0.243 e. The molecule has 33 heavy (non-hydrogen) atoms. The van der Waals surface area contributed by atoms with Crippen molar-refractivity contribution in [2.75, 3.05) is 24.7 Å². The minimum Gasteiger partial charge on any atom is -0.302 e. The number of nitrogens with one attached hydrogen (secondary N) is 1. The van der Waals surface area contributed by atoms with Crippen molar-refractivity contribution in [3.63, 3.8) is 0 Å². The van der Waals surface area contributed by atoms with E-state index in [1.807, 2.05) is 35.9 Å². The first-order chi connectivity index (χ1) is 15.9. The van der Waals surface area contributed by atoms with Crippen molar-refractivity contribution in [2.45, 2.75) is 36.0 Å². The molecule has 0 spiro atoms. The molecule has 4 rings (SSSR count). The Morgan fingerprint density at radius 3 is 2.39 bits per heavy atom. The molecule has 6 nitrogen and oxygen atoms in total. The van der Waals surface area contributed by atoms with E-state index >= 15 is 0 Å². The van der Waals surface area contributed by atoms with Gasteiger partial charge in [0.15, 0.2) is 5.13 Å². The predicted molar refractivity (Wildman–Crippen MR) is 135 cm³/mol. The molecule has 0 radical (unpaired) electrons. The lowest BCUT2D eigenvalue weighted by atomic mass is 9.97. The Morgan fingerprint density at radius 1 is 1.12 bits per heavy atom. The van der Waals surface area contributed by atoms with E-state index in [2.05, 4.69) is 29.4 Å². The van der Waals surface area contributed by atoms with Crippen molar-refractivity contribution in [3.8, 4) is 11.3 Å². The quantitative estimate of drug-likeness (QED) is 0.454. The summed E-state index contributed by atoms with van der Waals surface area (Å²) in [4.78, 5) is 18.7. The van der Waals surface area contributed by atoms with E-state index in [0.717, 1.165) is 22.6 Å². The summed E-state index contributed by atoms with van der Waals surface area (Å²) in [6.07, 6.45) is 3.92. The second-order valence-electron chi connectivity index (χ2n) is 7.93. The lowest BCUT2D eigenvalue weighted by molar-refractivity contribution is -0.120. The van der Waals surface area contributed by atoms with Crippen LogP contribution >= 0.6 is 23.1 Å². The summed E-state index contributed by atoms with van der Waals surface area (Å²) in [7, 11) is -3.55. The van der Waals surface area contributed by atoms with Crippen molar-refractivity contribution < 1.29 is 13.2 Å². The lowest BCUT2D eigenvalue weighted by Gasteiger charge is -2.30. The molecule has 0 bridgehead atoms. The molecular weight excluding hydrogens is 474 g/mol. The number of rotatable bonds is 7. The van der Waals surface area contributed by atoms with Crippen LogP contribution in [0.5, 0.6) is 0 Å². The van der Waals surface area contributed by atoms with E-state index in [1.54, 1.807) is 23.9 Å². The number of anilines is 1. The Hall–Kier alpha value is -2.20. The van der Waals surface area contributed by atoms with Gasteiger partial charge >= 0.3 is 0 Å². The summed E-state index contributed by atoms with van der Waals surface area (Å²) in [5.74, 6) is -0.329. The Morgan fingerprint density at radius 2 is 1.79 bits per heavy atom. The minimum atomic E-state index is -3.55. The number of amides is 1. The number of hydrogen-bond donors (Lipinski definition) is 1. The molecule has 2 aromatic carbocycles. The third kappa shape index (κ3) is 5.48. The standard InChI is InChI=1S/C24H27N3O3S3/c1-3-17-4-6-18(7-5-17)22-16-32-24(25-22)26-23(28)19-12-14-27(15-13-19)33(29,30)21-10-8-20(31-2)9-11-21/h4-11,16,19H,3,12-15H2,1-2H3,(H,25,26,28). The zero-order chi connectivity index (χ0) is 23.4. The van der Waals surface area contributed by atoms with E-state index in [9.17, 15) is 13.2 Å². The summed E-state index contributed by atoms with van der Waals surface area (Å²) in [5, 5.41) is 5.43. The zero-order valence-corrected chi connectivity index (χ0v) is 21.1. The number of benzene rings is 2. The van der Waals surface area contributed by atoms with Crippen LogP contribution in [0.25, 0.3) is 11.3 Å². The van der Waals surface area contributed by atoms with Crippen LogP contribution < -0.4 is 5.32 Å². The number of sulfonamides is 1. The fourth-order valence-corrected chi connectivity index (χ4v) is 6.44. The van der Waals surface area contributed by atoms with Crippen LogP contribution in [-0.2, 0) is 21.2 Å². The topological polar surface area (TPSA) is 79.4 Å². The van der Waals surface area contributed by atoms with Gasteiger partial charge in [0.25, 0.3) is 0 Å². The van der Waals surface area contributed by atoms with Gasteiger partial charge in [-0.25, -0.2) is 13.4 Å². The molecule has 0 unspecified atom stereocenters. The fraction of sp³-hybridized carbons (Fsp3) is 0.333. The molecule has 3 aromatic rings. The van der Waals surface area contributed by atoms with Gasteiger partial charge in [-0.2, -0.15) is 4.31 Å². The van der Waals surface area contributed by atoms with Gasteiger partial charge in [-0.15, -0.1) is 23.1 Å². The lowest BCUT2D eigenvalue weighted by Crippen LogP contribution is -2.41. The number of aromatic nitrogens is 1. The van der Waals surface area contributed by atoms with Crippen molar-refractivity contribution in [1.29, 1.82) is 0 Å². The first-order valence-corrected chi connectivity index (χ1v) is 14.4. The second kappa shape index (κ2) is 10.4. The van der Waals surface area contributed by atoms with Crippen LogP contribution in [0.3, 0.4) is 0 Å². The maximum atomic E-state index is 12.9. The molecule has 1 aromatic heterocycles. The van der Waals surface area contributed by atoms with Gasteiger partial charge in [-0.3, -0.25) is 4.79 Å². The van der Waals surface area contributed by atoms with Crippen LogP contribution in [0.15, 0.2) is 63.7 Å². The maximum absolute atomic E-state index is 12.9. The van der Waals surface area contributed by atoms with E-state index < -0.39 is 10.0 Å². The number of nitrogens with zero attached hydrogens (tertiary/aromatic N) is 2. The highest BCUT2D eigenvalue weighted by Crippen LogP contribution is 2.28. The summed E-state index contributed by atoms with van der Waals surface area (Å²) in [5.41, 5.74) is 3.13. The van der Waals surface area contributed by atoms with Gasteiger partial charge < -0.3 is 5.32 Å². The van der Waals surface area contributed by atoms with E-state index in [1.165, 1.54) is 21.2 Å². The first kappa shape index (κ1) is 23.9. The molecule has 1 amide bonds. The van der Waals surface area contributed by atoms with Crippen molar-refractivity contribution in [1.82, 2.24) is 9.29 Å². The van der Waals surface area contributed by atoms with Crippen LogP contribution in [-0.4, -0.2) is 43.0 Å². The Kier molecular flexibility index (Phi) is 7.53. The third-order valence-corrected chi connectivity index (χ3v) is 9.33. The van der Waals surface area contributed by atoms with E-state index in [4.69, 9.17) is 0 Å². The molecule has 9 heteroatoms. The molecule has 1 fully saturated rings. The molecule has 1 aliphatic rings. The zero-order valence-electron chi connectivity index (χ0n) is 18.7. The Labute approximate surface area is 203 Å². The molecule has 1 aliphatic heterocycles. The molecule has 0 atom stereocenters. The van der Waals surface area contributed by atoms with Crippen molar-refractivity contribution in [3.05, 3.63) is 59.5 Å². The van der Waals surface area contributed by atoms with Crippen molar-refractivity contribution >= 4 is 44.2 Å². The fourth-order valence-electron chi connectivity index (χ4n) is 3.84. The maximum Gasteiger partial charge on any atom is 0.243 e. The van der Waals surface area contributed by atoms with Gasteiger partial charge in [-0.05, 0) is 55.3 Å². The van der Waals surface area contributed by atoms with Crippen LogP contribution in [0.4, 0.5) is 5.13 Å². The van der Waals surface area contributed by atoms with E-state index in [-0.39, 0.29) is 11.8 Å². The van der Waals surface area contributed by atoms with E-state index in [0.29, 0.717) is 36.0 Å². The number of piperidine rings is 1. The molecule has 2 heterocycles. The van der Waals surface area contributed by atoms with Gasteiger partial charge in [-0.1, -0.05) is 31.2 Å². The van der Waals surface area contributed by atoms with Crippen LogP contribution in [0, 0.1) is 5.92 Å². The van der Waals surface area contributed by atoms with Gasteiger partial charge in [0.2, 0.25) is 15.9 Å². The SMILES string of the molecule is CCc1ccc(-c2csc(NC(=O)C3CCN(S(=O)(=O)c4ccc(SC)cc4)CC3)n2)cc1. The second-order valence-corrected chi connectivity index (χ2v) is 11.6. The van der Waals surface area contributed by atoms with Crippen molar-refractivity contribution in [2.24, 2.45) is 5.92 Å². The predicted octanol–water partition coefficient (Wildman–Crippen LogP) is 5.13. The Bertz CT molecular complexity index is 1200. The molecule has 174 valence electrons. The van der Waals surface area contributed by atoms with Crippen LogP contribution in [0.1, 0.15) is 25.3 Å². The van der Waals surface area contributed by atoms with Gasteiger partial charge in [0, 0.05) is 34.8 Å². The third-order valence-electron chi connectivity index (χ3n) is 5.91. The largest absolute Gasteiger partial charge is 0.302 e. The average molecular weight is 502 g/mol. The summed E-state index contributed by atoms with van der Waals surface area (Å²) in [6.45, 7) is 2.78. The van der Waals surface area contributed by atoms with Gasteiger partial charge in [0.1, 0.15) is 0 Å². The highest BCUT2D eigenvalue weighted by Gasteiger charge is 2.32. The number of thiazole rings is 1. The van der Waals surface area contributed by atoms with Crippen LogP contribution in [0.2, 0.25) is 0 Å². The first-order valence-electron chi connectivity index (χ1n) is 10.9. The number of carbonyl (C=O) groups is 1. The number of hydrogen-bond acceptors (Lipinski definition) is 6. The number of thioether (sulfide) groups is 1. The highest BCUT2D eigenvalue weighted by atomic mass is 32.2. The minimum absolute atomic E-state index is 0.0985. The summed E-state index contributed by atoms with van der Waals surface area (Å²) in [6, 6.07) is 15.2. The normalized spacial score (nSPS) is 15.5. The molecule has 0 saturated carbocycles. The molecule has 1 saturated heterocycles. The Balaban J connectivity index is 1.34. The van der Waals surface area contributed by atoms with Gasteiger partial charge in [0.05, 0.1) is 10.6 Å². The highest BCUT2D eigenvalue weighted by molar-refractivity contribution is 7.98. The molecular formula is C24H27N3O3S3. The molecule has 1 N–H and O–H groups in total. The molecule has 0 aliphatic carbocycles. The average Bonchev–Trinajstić information content (AvgIpc) is 3.32.